The maximum Gasteiger partial charge on any atom is 0.147 e. The SMILES string of the molecule is CCc1ccc(OCc2nc3ccccc3n2C)cc1. The van der Waals surface area contributed by atoms with Gasteiger partial charge < -0.3 is 9.30 Å². The van der Waals surface area contributed by atoms with E-state index in [1.807, 2.05) is 37.4 Å². The summed E-state index contributed by atoms with van der Waals surface area (Å²) in [6, 6.07) is 16.4. The zero-order valence-corrected chi connectivity index (χ0v) is 11.8. The van der Waals surface area contributed by atoms with Gasteiger partial charge in [-0.1, -0.05) is 31.2 Å². The summed E-state index contributed by atoms with van der Waals surface area (Å²) in [6.07, 6.45) is 1.05. The average Bonchev–Trinajstić information content (AvgIpc) is 2.83. The zero-order chi connectivity index (χ0) is 13.9. The van der Waals surface area contributed by atoms with E-state index in [0.717, 1.165) is 29.0 Å². The van der Waals surface area contributed by atoms with E-state index >= 15 is 0 Å². The van der Waals surface area contributed by atoms with E-state index in [2.05, 4.69) is 34.7 Å². The van der Waals surface area contributed by atoms with E-state index in [0.29, 0.717) is 6.61 Å². The molecule has 0 N–H and O–H groups in total. The first-order valence-corrected chi connectivity index (χ1v) is 6.90. The van der Waals surface area contributed by atoms with Crippen LogP contribution in [0.2, 0.25) is 0 Å². The van der Waals surface area contributed by atoms with Gasteiger partial charge in [-0.3, -0.25) is 0 Å². The Hall–Kier alpha value is -2.29. The molecule has 0 spiro atoms. The second kappa shape index (κ2) is 5.37. The number of nitrogens with zero attached hydrogens (tertiary/aromatic N) is 2. The molecule has 0 unspecified atom stereocenters. The first-order valence-electron chi connectivity index (χ1n) is 6.90. The van der Waals surface area contributed by atoms with Crippen LogP contribution in [-0.4, -0.2) is 9.55 Å². The second-order valence-corrected chi connectivity index (χ2v) is 4.86. The van der Waals surface area contributed by atoms with Crippen LogP contribution in [0, 0.1) is 0 Å². The van der Waals surface area contributed by atoms with Crippen molar-refractivity contribution in [3.05, 3.63) is 59.9 Å². The summed E-state index contributed by atoms with van der Waals surface area (Å²) in [5.74, 6) is 1.82. The first kappa shape index (κ1) is 12.7. The van der Waals surface area contributed by atoms with Crippen molar-refractivity contribution in [2.45, 2.75) is 20.0 Å². The summed E-state index contributed by atoms with van der Waals surface area (Å²) in [5, 5.41) is 0. The van der Waals surface area contributed by atoms with Crippen LogP contribution in [0.15, 0.2) is 48.5 Å². The lowest BCUT2D eigenvalue weighted by molar-refractivity contribution is 0.292. The average molecular weight is 266 g/mol. The smallest absolute Gasteiger partial charge is 0.147 e. The van der Waals surface area contributed by atoms with Crippen LogP contribution >= 0.6 is 0 Å². The lowest BCUT2D eigenvalue weighted by Crippen LogP contribution is -2.03. The molecular weight excluding hydrogens is 248 g/mol. The number of aromatic nitrogens is 2. The summed E-state index contributed by atoms with van der Waals surface area (Å²) in [5.41, 5.74) is 3.46. The molecule has 0 saturated heterocycles. The summed E-state index contributed by atoms with van der Waals surface area (Å²) in [4.78, 5) is 4.60. The summed E-state index contributed by atoms with van der Waals surface area (Å²) in [7, 11) is 2.02. The molecule has 0 aliphatic heterocycles. The highest BCUT2D eigenvalue weighted by Gasteiger charge is 2.07. The Morgan fingerprint density at radius 1 is 1.05 bits per heavy atom. The molecule has 3 heteroatoms. The van der Waals surface area contributed by atoms with Crippen molar-refractivity contribution in [3.8, 4) is 5.75 Å². The Morgan fingerprint density at radius 2 is 1.80 bits per heavy atom. The number of aryl methyl sites for hydroxylation is 2. The predicted octanol–water partition coefficient (Wildman–Crippen LogP) is 3.71. The number of para-hydroxylation sites is 2. The molecule has 0 aliphatic carbocycles. The predicted molar refractivity (Wildman–Crippen MR) is 80.9 cm³/mol. The van der Waals surface area contributed by atoms with Gasteiger partial charge >= 0.3 is 0 Å². The minimum atomic E-state index is 0.483. The van der Waals surface area contributed by atoms with Crippen LogP contribution in [-0.2, 0) is 20.1 Å². The lowest BCUT2D eigenvalue weighted by atomic mass is 10.2. The first-order chi connectivity index (χ1) is 9.78. The molecule has 1 aromatic heterocycles. The maximum atomic E-state index is 5.82. The largest absolute Gasteiger partial charge is 0.486 e. The molecule has 0 amide bonds. The molecule has 20 heavy (non-hydrogen) atoms. The van der Waals surface area contributed by atoms with Crippen LogP contribution in [0.25, 0.3) is 11.0 Å². The molecule has 0 atom stereocenters. The minimum Gasteiger partial charge on any atom is -0.486 e. The van der Waals surface area contributed by atoms with Gasteiger partial charge in [0.1, 0.15) is 18.2 Å². The Kier molecular flexibility index (Phi) is 3.42. The zero-order valence-electron chi connectivity index (χ0n) is 11.8. The molecule has 0 aliphatic rings. The lowest BCUT2D eigenvalue weighted by Gasteiger charge is -2.07. The van der Waals surface area contributed by atoms with Gasteiger partial charge in [-0.2, -0.15) is 0 Å². The van der Waals surface area contributed by atoms with Crippen molar-refractivity contribution >= 4 is 11.0 Å². The fourth-order valence-electron chi connectivity index (χ4n) is 2.29. The van der Waals surface area contributed by atoms with E-state index in [1.54, 1.807) is 0 Å². The normalized spacial score (nSPS) is 10.9. The van der Waals surface area contributed by atoms with Gasteiger partial charge in [-0.15, -0.1) is 0 Å². The van der Waals surface area contributed by atoms with E-state index in [1.165, 1.54) is 5.56 Å². The van der Waals surface area contributed by atoms with Crippen molar-refractivity contribution in [2.75, 3.05) is 0 Å². The highest BCUT2D eigenvalue weighted by molar-refractivity contribution is 5.75. The highest BCUT2D eigenvalue weighted by Crippen LogP contribution is 2.17. The third-order valence-electron chi connectivity index (χ3n) is 3.58. The number of rotatable bonds is 4. The second-order valence-electron chi connectivity index (χ2n) is 4.86. The molecule has 3 aromatic rings. The highest BCUT2D eigenvalue weighted by atomic mass is 16.5. The van der Waals surface area contributed by atoms with Crippen molar-refractivity contribution in [1.82, 2.24) is 9.55 Å². The van der Waals surface area contributed by atoms with Gasteiger partial charge in [-0.25, -0.2) is 4.98 Å². The van der Waals surface area contributed by atoms with Gasteiger partial charge in [0.2, 0.25) is 0 Å². The molecule has 2 aromatic carbocycles. The van der Waals surface area contributed by atoms with E-state index in [4.69, 9.17) is 4.74 Å². The fraction of sp³-hybridized carbons (Fsp3) is 0.235. The number of fused-ring (bicyclic) bond motifs is 1. The van der Waals surface area contributed by atoms with Crippen LogP contribution in [0.4, 0.5) is 0 Å². The van der Waals surface area contributed by atoms with Crippen molar-refractivity contribution in [2.24, 2.45) is 7.05 Å². The van der Waals surface area contributed by atoms with Crippen molar-refractivity contribution < 1.29 is 4.74 Å². The Labute approximate surface area is 118 Å². The summed E-state index contributed by atoms with van der Waals surface area (Å²) in [6.45, 7) is 2.63. The minimum absolute atomic E-state index is 0.483. The molecule has 102 valence electrons. The number of ether oxygens (including phenoxy) is 1. The number of hydrogen-bond acceptors (Lipinski definition) is 2. The third-order valence-corrected chi connectivity index (χ3v) is 3.58. The standard InChI is InChI=1S/C17H18N2O/c1-3-13-8-10-14(11-9-13)20-12-17-18-15-6-4-5-7-16(15)19(17)2/h4-11H,3,12H2,1-2H3. The molecule has 0 bridgehead atoms. The quantitative estimate of drug-likeness (QED) is 0.719. The van der Waals surface area contributed by atoms with Crippen LogP contribution in [0.1, 0.15) is 18.3 Å². The fourth-order valence-corrected chi connectivity index (χ4v) is 2.29. The Morgan fingerprint density at radius 3 is 2.50 bits per heavy atom. The summed E-state index contributed by atoms with van der Waals surface area (Å²) >= 11 is 0. The molecule has 3 nitrogen and oxygen atoms in total. The summed E-state index contributed by atoms with van der Waals surface area (Å²) < 4.78 is 7.90. The number of hydrogen-bond donors (Lipinski definition) is 0. The number of benzene rings is 2. The molecular formula is C17H18N2O. The van der Waals surface area contributed by atoms with Gasteiger partial charge in [-0.05, 0) is 36.2 Å². The van der Waals surface area contributed by atoms with Crippen LogP contribution in [0.3, 0.4) is 0 Å². The van der Waals surface area contributed by atoms with E-state index in [-0.39, 0.29) is 0 Å². The molecule has 0 radical (unpaired) electrons. The molecule has 3 rings (SSSR count). The van der Waals surface area contributed by atoms with E-state index in [9.17, 15) is 0 Å². The monoisotopic (exact) mass is 266 g/mol. The Balaban J connectivity index is 1.77. The number of imidazole rings is 1. The van der Waals surface area contributed by atoms with Crippen molar-refractivity contribution in [1.29, 1.82) is 0 Å². The Bertz CT molecular complexity index is 713. The maximum absolute atomic E-state index is 5.82. The van der Waals surface area contributed by atoms with Gasteiger partial charge in [0, 0.05) is 7.05 Å². The van der Waals surface area contributed by atoms with E-state index < -0.39 is 0 Å². The third kappa shape index (κ3) is 2.39. The topological polar surface area (TPSA) is 27.1 Å². The van der Waals surface area contributed by atoms with Gasteiger partial charge in [0.25, 0.3) is 0 Å². The van der Waals surface area contributed by atoms with Crippen LogP contribution < -0.4 is 4.74 Å². The molecule has 1 heterocycles. The van der Waals surface area contributed by atoms with Crippen molar-refractivity contribution in [3.63, 3.8) is 0 Å². The van der Waals surface area contributed by atoms with Gasteiger partial charge in [0.05, 0.1) is 11.0 Å². The van der Waals surface area contributed by atoms with Gasteiger partial charge in [0.15, 0.2) is 0 Å². The van der Waals surface area contributed by atoms with Crippen LogP contribution in [0.5, 0.6) is 5.75 Å². The molecule has 0 fully saturated rings. The molecule has 0 saturated carbocycles.